The van der Waals surface area contributed by atoms with Crippen LogP contribution in [-0.2, 0) is 12.4 Å². The summed E-state index contributed by atoms with van der Waals surface area (Å²) in [6.07, 6.45) is -9.91. The fraction of sp³-hybridized carbons (Fsp3) is 0.300. The van der Waals surface area contributed by atoms with Gasteiger partial charge in [-0.05, 0) is 43.3 Å². The summed E-state index contributed by atoms with van der Waals surface area (Å²) in [4.78, 5) is 0. The van der Waals surface area contributed by atoms with Crippen molar-refractivity contribution >= 4 is 0 Å². The maximum absolute atomic E-state index is 13.0. The van der Waals surface area contributed by atoms with Gasteiger partial charge in [0.2, 0.25) is 0 Å². The first-order valence-corrected chi connectivity index (χ1v) is 8.48. The highest BCUT2D eigenvalue weighted by Crippen LogP contribution is 2.35. The van der Waals surface area contributed by atoms with Crippen molar-refractivity contribution in [3.05, 3.63) is 58.7 Å². The number of nitrogens with zero attached hydrogens (tertiary/aromatic N) is 2. The van der Waals surface area contributed by atoms with E-state index in [-0.39, 0.29) is 24.5 Å². The maximum Gasteiger partial charge on any atom is 0.417 e. The zero-order chi connectivity index (χ0) is 22.5. The third-order valence-electron chi connectivity index (χ3n) is 3.96. The number of benzene rings is 2. The van der Waals surface area contributed by atoms with Crippen LogP contribution >= 0.6 is 0 Å². The molecule has 0 N–H and O–H groups in total. The van der Waals surface area contributed by atoms with Crippen molar-refractivity contribution in [1.29, 1.82) is 10.5 Å². The van der Waals surface area contributed by atoms with Gasteiger partial charge in [-0.25, -0.2) is 0 Å². The lowest BCUT2D eigenvalue weighted by Gasteiger charge is -2.17. The van der Waals surface area contributed by atoms with Crippen LogP contribution in [0.3, 0.4) is 0 Å². The van der Waals surface area contributed by atoms with Gasteiger partial charge < -0.3 is 9.47 Å². The molecule has 0 amide bonds. The quantitative estimate of drug-likeness (QED) is 0.554. The summed E-state index contributed by atoms with van der Waals surface area (Å²) >= 11 is 0. The van der Waals surface area contributed by atoms with Crippen molar-refractivity contribution in [2.45, 2.75) is 31.8 Å². The smallest absolute Gasteiger partial charge is 0.417 e. The number of alkyl halides is 6. The van der Waals surface area contributed by atoms with E-state index in [1.807, 2.05) is 0 Å². The largest absolute Gasteiger partial charge is 0.493 e. The predicted octanol–water partition coefficient (Wildman–Crippen LogP) is 5.70. The lowest BCUT2D eigenvalue weighted by Crippen LogP contribution is -2.17. The molecule has 0 saturated carbocycles. The van der Waals surface area contributed by atoms with E-state index in [9.17, 15) is 26.3 Å². The molecule has 4 nitrogen and oxygen atoms in total. The molecule has 30 heavy (non-hydrogen) atoms. The minimum absolute atomic E-state index is 0.0766. The molecule has 0 radical (unpaired) electrons. The van der Waals surface area contributed by atoms with E-state index in [1.165, 1.54) is 24.3 Å². The number of nitriles is 2. The molecule has 0 saturated heterocycles. The molecule has 0 unspecified atom stereocenters. The average molecular weight is 428 g/mol. The second-order valence-corrected chi connectivity index (χ2v) is 6.20. The first kappa shape index (κ1) is 22.9. The van der Waals surface area contributed by atoms with Crippen molar-refractivity contribution in [2.75, 3.05) is 6.61 Å². The van der Waals surface area contributed by atoms with Gasteiger partial charge in [0.1, 0.15) is 11.5 Å². The lowest BCUT2D eigenvalue weighted by molar-refractivity contribution is -0.138. The summed E-state index contributed by atoms with van der Waals surface area (Å²) < 4.78 is 88.5. The Bertz CT molecular complexity index is 987. The summed E-state index contributed by atoms with van der Waals surface area (Å²) in [5.74, 6) is -0.210. The van der Waals surface area contributed by atoms with Gasteiger partial charge in [-0.15, -0.1) is 0 Å². The predicted molar refractivity (Wildman–Crippen MR) is 92.5 cm³/mol. The van der Waals surface area contributed by atoms with Crippen molar-refractivity contribution in [1.82, 2.24) is 0 Å². The Labute approximate surface area is 167 Å². The topological polar surface area (TPSA) is 66.0 Å². The standard InChI is InChI=1S/C20H14F6N2O2/c1-12(30-16-5-3-14(11-28)18(9-16)20(24,25)26)6-7-29-15-4-2-13(10-27)17(8-15)19(21,22)23/h2-5,8-9,12H,6-7H2,1H3/t12-/m1/s1. The first-order valence-electron chi connectivity index (χ1n) is 8.48. The van der Waals surface area contributed by atoms with Crippen LogP contribution in [0, 0.1) is 22.7 Å². The van der Waals surface area contributed by atoms with Gasteiger partial charge in [-0.3, -0.25) is 0 Å². The molecule has 0 aliphatic heterocycles. The van der Waals surface area contributed by atoms with Crippen LogP contribution in [0.1, 0.15) is 35.6 Å². The van der Waals surface area contributed by atoms with Crippen molar-refractivity contribution < 1.29 is 35.8 Å². The second-order valence-electron chi connectivity index (χ2n) is 6.20. The molecule has 0 aliphatic rings. The van der Waals surface area contributed by atoms with E-state index in [2.05, 4.69) is 0 Å². The van der Waals surface area contributed by atoms with Gasteiger partial charge in [0, 0.05) is 6.42 Å². The third-order valence-corrected chi connectivity index (χ3v) is 3.96. The van der Waals surface area contributed by atoms with Crippen molar-refractivity contribution in [3.8, 4) is 23.6 Å². The van der Waals surface area contributed by atoms with Gasteiger partial charge in [0.05, 0.1) is 47.1 Å². The van der Waals surface area contributed by atoms with Crippen LogP contribution in [0.4, 0.5) is 26.3 Å². The third kappa shape index (κ3) is 5.80. The molecule has 0 spiro atoms. The molecular weight excluding hydrogens is 414 g/mol. The highest BCUT2D eigenvalue weighted by atomic mass is 19.4. The molecule has 158 valence electrons. The van der Waals surface area contributed by atoms with Crippen LogP contribution in [0.15, 0.2) is 36.4 Å². The Morgan fingerprint density at radius 2 is 1.30 bits per heavy atom. The van der Waals surface area contributed by atoms with Crippen LogP contribution in [0.25, 0.3) is 0 Å². The first-order chi connectivity index (χ1) is 14.0. The Morgan fingerprint density at radius 1 is 0.833 bits per heavy atom. The minimum Gasteiger partial charge on any atom is -0.493 e. The van der Waals surface area contributed by atoms with E-state index < -0.39 is 40.7 Å². The molecule has 0 heterocycles. The monoisotopic (exact) mass is 428 g/mol. The van der Waals surface area contributed by atoms with E-state index in [0.29, 0.717) is 12.1 Å². The Kier molecular flexibility index (Phi) is 6.83. The molecule has 2 rings (SSSR count). The van der Waals surface area contributed by atoms with E-state index in [4.69, 9.17) is 20.0 Å². The molecular formula is C20H14F6N2O2. The van der Waals surface area contributed by atoms with Gasteiger partial charge in [0.25, 0.3) is 0 Å². The van der Waals surface area contributed by atoms with Gasteiger partial charge in [-0.2, -0.15) is 36.9 Å². The Hall–Kier alpha value is -3.40. The summed E-state index contributed by atoms with van der Waals surface area (Å²) in [7, 11) is 0. The van der Waals surface area contributed by atoms with Crippen molar-refractivity contribution in [3.63, 3.8) is 0 Å². The summed E-state index contributed by atoms with van der Waals surface area (Å²) in [5, 5.41) is 17.6. The van der Waals surface area contributed by atoms with E-state index in [1.54, 1.807) is 6.92 Å². The van der Waals surface area contributed by atoms with Crippen LogP contribution in [0.5, 0.6) is 11.5 Å². The summed E-state index contributed by atoms with van der Waals surface area (Å²) in [6.45, 7) is 1.47. The minimum atomic E-state index is -4.72. The van der Waals surface area contributed by atoms with Crippen LogP contribution < -0.4 is 9.47 Å². The van der Waals surface area contributed by atoms with Gasteiger partial charge >= 0.3 is 12.4 Å². The zero-order valence-electron chi connectivity index (χ0n) is 15.4. The average Bonchev–Trinajstić information content (AvgIpc) is 2.66. The Morgan fingerprint density at radius 3 is 1.77 bits per heavy atom. The number of hydrogen-bond donors (Lipinski definition) is 0. The molecule has 1 atom stereocenters. The molecule has 10 heteroatoms. The molecule has 2 aromatic rings. The maximum atomic E-state index is 13.0. The van der Waals surface area contributed by atoms with Crippen LogP contribution in [0.2, 0.25) is 0 Å². The van der Waals surface area contributed by atoms with E-state index in [0.717, 1.165) is 12.1 Å². The Balaban J connectivity index is 2.00. The highest BCUT2D eigenvalue weighted by Gasteiger charge is 2.35. The van der Waals surface area contributed by atoms with Crippen LogP contribution in [-0.4, -0.2) is 12.7 Å². The van der Waals surface area contributed by atoms with E-state index >= 15 is 0 Å². The summed E-state index contributed by atoms with van der Waals surface area (Å²) in [5.41, 5.74) is -3.31. The SMILES string of the molecule is C[C@H](CCOc1ccc(C#N)c(C(F)(F)F)c1)Oc1ccc(C#N)c(C(F)(F)F)c1. The number of rotatable bonds is 6. The summed E-state index contributed by atoms with van der Waals surface area (Å²) in [6, 6.07) is 8.78. The molecule has 0 bridgehead atoms. The molecule has 0 aliphatic carbocycles. The molecule has 0 aromatic heterocycles. The van der Waals surface area contributed by atoms with Gasteiger partial charge in [-0.1, -0.05) is 0 Å². The van der Waals surface area contributed by atoms with Gasteiger partial charge in [0.15, 0.2) is 0 Å². The number of hydrogen-bond acceptors (Lipinski definition) is 4. The number of ether oxygens (including phenoxy) is 2. The van der Waals surface area contributed by atoms with Crippen molar-refractivity contribution in [2.24, 2.45) is 0 Å². The fourth-order valence-corrected chi connectivity index (χ4v) is 2.51. The fourth-order valence-electron chi connectivity index (χ4n) is 2.51. The zero-order valence-corrected chi connectivity index (χ0v) is 15.4. The lowest BCUT2D eigenvalue weighted by atomic mass is 10.1. The molecule has 2 aromatic carbocycles. The number of halogens is 6. The highest BCUT2D eigenvalue weighted by molar-refractivity contribution is 5.45. The molecule has 0 fully saturated rings. The second kappa shape index (κ2) is 8.95. The normalized spacial score (nSPS) is 12.6.